The van der Waals surface area contributed by atoms with Gasteiger partial charge >= 0.3 is 12.2 Å². The SMILES string of the molecule is CC(C)(C)OC(=O)N1CCC[C@@H](c2nn(C(=O)OC(C)(C)C)cc2-c2ccc(CN3CCCC3)cc2)C1. The van der Waals surface area contributed by atoms with Gasteiger partial charge in [-0.3, -0.25) is 4.90 Å². The van der Waals surface area contributed by atoms with Crippen molar-refractivity contribution < 1.29 is 19.1 Å². The molecule has 202 valence electrons. The van der Waals surface area contributed by atoms with Crippen LogP contribution in [-0.2, 0) is 16.0 Å². The Morgan fingerprint density at radius 1 is 0.892 bits per heavy atom. The van der Waals surface area contributed by atoms with Crippen molar-refractivity contribution in [1.29, 1.82) is 0 Å². The van der Waals surface area contributed by atoms with Gasteiger partial charge in [0.15, 0.2) is 0 Å². The first-order valence-electron chi connectivity index (χ1n) is 13.5. The van der Waals surface area contributed by atoms with Crippen LogP contribution in [0.2, 0.25) is 0 Å². The zero-order valence-corrected chi connectivity index (χ0v) is 23.2. The van der Waals surface area contributed by atoms with E-state index in [2.05, 4.69) is 29.2 Å². The third-order valence-corrected chi connectivity index (χ3v) is 6.65. The molecule has 1 aromatic heterocycles. The first kappa shape index (κ1) is 27.2. The number of likely N-dealkylation sites (tertiary alicyclic amines) is 2. The molecule has 1 amide bonds. The molecule has 2 aromatic rings. The molecule has 2 aliphatic rings. The van der Waals surface area contributed by atoms with Crippen LogP contribution in [-0.4, -0.2) is 69.1 Å². The van der Waals surface area contributed by atoms with Gasteiger partial charge in [0.25, 0.3) is 0 Å². The van der Waals surface area contributed by atoms with E-state index < -0.39 is 17.3 Å². The molecule has 0 aliphatic carbocycles. The Labute approximate surface area is 220 Å². The maximum atomic E-state index is 12.9. The molecule has 37 heavy (non-hydrogen) atoms. The normalized spacial score (nSPS) is 19.2. The third kappa shape index (κ3) is 7.34. The standard InChI is InChI=1S/C29H42N4O4/c1-28(2,3)36-26(34)32-17-9-10-23(19-32)25-24(20-33(30-25)27(35)37-29(4,5)6)22-13-11-21(12-14-22)18-31-15-7-8-16-31/h11-14,20,23H,7-10,15-19H2,1-6H3/t23-/m1/s1. The number of piperidine rings is 1. The van der Waals surface area contributed by atoms with Gasteiger partial charge in [0.05, 0.1) is 5.69 Å². The maximum Gasteiger partial charge on any atom is 0.435 e. The Morgan fingerprint density at radius 3 is 2.14 bits per heavy atom. The summed E-state index contributed by atoms with van der Waals surface area (Å²) >= 11 is 0. The molecule has 2 fully saturated rings. The molecule has 2 aliphatic heterocycles. The van der Waals surface area contributed by atoms with Gasteiger partial charge in [0, 0.05) is 37.3 Å². The van der Waals surface area contributed by atoms with Gasteiger partial charge in [-0.25, -0.2) is 9.59 Å². The molecule has 1 aromatic carbocycles. The lowest BCUT2D eigenvalue weighted by atomic mass is 9.90. The topological polar surface area (TPSA) is 76.9 Å². The number of nitrogens with zero attached hydrogens (tertiary/aromatic N) is 4. The van der Waals surface area contributed by atoms with Crippen molar-refractivity contribution in [3.63, 3.8) is 0 Å². The lowest BCUT2D eigenvalue weighted by Crippen LogP contribution is -2.42. The highest BCUT2D eigenvalue weighted by atomic mass is 16.6. The van der Waals surface area contributed by atoms with Crippen LogP contribution in [0, 0.1) is 0 Å². The van der Waals surface area contributed by atoms with Crippen LogP contribution in [0.15, 0.2) is 30.5 Å². The number of hydrogen-bond donors (Lipinski definition) is 0. The second kappa shape index (κ2) is 10.9. The van der Waals surface area contributed by atoms with Gasteiger partial charge < -0.3 is 14.4 Å². The summed E-state index contributed by atoms with van der Waals surface area (Å²) in [5.74, 6) is -0.00997. The van der Waals surface area contributed by atoms with Crippen molar-refractivity contribution in [2.75, 3.05) is 26.2 Å². The number of ether oxygens (including phenoxy) is 2. The van der Waals surface area contributed by atoms with Crippen molar-refractivity contribution in [3.05, 3.63) is 41.7 Å². The molecular formula is C29H42N4O4. The average molecular weight is 511 g/mol. The minimum atomic E-state index is -0.626. The van der Waals surface area contributed by atoms with Gasteiger partial charge in [0.1, 0.15) is 11.2 Å². The van der Waals surface area contributed by atoms with Crippen LogP contribution >= 0.6 is 0 Å². The van der Waals surface area contributed by atoms with Gasteiger partial charge in [-0.1, -0.05) is 24.3 Å². The van der Waals surface area contributed by atoms with E-state index in [1.165, 1.54) is 23.1 Å². The fourth-order valence-corrected chi connectivity index (χ4v) is 4.99. The van der Waals surface area contributed by atoms with Crippen molar-refractivity contribution in [1.82, 2.24) is 19.6 Å². The minimum absolute atomic E-state index is 0.00997. The van der Waals surface area contributed by atoms with E-state index in [9.17, 15) is 9.59 Å². The number of carbonyl (C=O) groups excluding carboxylic acids is 2. The molecule has 0 unspecified atom stereocenters. The molecule has 3 heterocycles. The lowest BCUT2D eigenvalue weighted by molar-refractivity contribution is 0.0196. The van der Waals surface area contributed by atoms with Crippen LogP contribution < -0.4 is 0 Å². The Morgan fingerprint density at radius 2 is 1.51 bits per heavy atom. The Balaban J connectivity index is 1.61. The molecular weight excluding hydrogens is 468 g/mol. The second-order valence-corrected chi connectivity index (χ2v) is 12.3. The summed E-state index contributed by atoms with van der Waals surface area (Å²) in [7, 11) is 0. The van der Waals surface area contributed by atoms with E-state index in [4.69, 9.17) is 14.6 Å². The molecule has 4 rings (SSSR count). The number of rotatable bonds is 4. The van der Waals surface area contributed by atoms with E-state index in [-0.39, 0.29) is 12.0 Å². The molecule has 0 radical (unpaired) electrons. The van der Waals surface area contributed by atoms with Crippen LogP contribution in [0.25, 0.3) is 11.1 Å². The number of benzene rings is 1. The predicted octanol–water partition coefficient (Wildman–Crippen LogP) is 6.04. The molecule has 0 spiro atoms. The van der Waals surface area contributed by atoms with Crippen LogP contribution in [0.5, 0.6) is 0 Å². The fraction of sp³-hybridized carbons (Fsp3) is 0.621. The Hall–Kier alpha value is -2.87. The van der Waals surface area contributed by atoms with Gasteiger partial charge in [-0.15, -0.1) is 0 Å². The summed E-state index contributed by atoms with van der Waals surface area (Å²) in [6.07, 6.45) is 5.22. The number of amides is 1. The highest BCUT2D eigenvalue weighted by Crippen LogP contribution is 2.35. The Kier molecular flexibility index (Phi) is 7.97. The minimum Gasteiger partial charge on any atom is -0.444 e. The molecule has 8 nitrogen and oxygen atoms in total. The fourth-order valence-electron chi connectivity index (χ4n) is 4.99. The van der Waals surface area contributed by atoms with Crippen molar-refractivity contribution >= 4 is 12.2 Å². The van der Waals surface area contributed by atoms with E-state index in [1.807, 2.05) is 41.5 Å². The predicted molar refractivity (Wildman–Crippen MR) is 144 cm³/mol. The summed E-state index contributed by atoms with van der Waals surface area (Å²) in [5, 5.41) is 4.72. The summed E-state index contributed by atoms with van der Waals surface area (Å²) < 4.78 is 12.5. The number of hydrogen-bond acceptors (Lipinski definition) is 6. The molecule has 1 atom stereocenters. The monoisotopic (exact) mass is 510 g/mol. The van der Waals surface area contributed by atoms with Crippen molar-refractivity contribution in [3.8, 4) is 11.1 Å². The van der Waals surface area contributed by atoms with Crippen LogP contribution in [0.3, 0.4) is 0 Å². The summed E-state index contributed by atoms with van der Waals surface area (Å²) in [6, 6.07) is 8.55. The highest BCUT2D eigenvalue weighted by molar-refractivity contribution is 5.75. The molecule has 0 saturated carbocycles. The first-order valence-corrected chi connectivity index (χ1v) is 13.5. The van der Waals surface area contributed by atoms with E-state index in [1.54, 1.807) is 11.1 Å². The van der Waals surface area contributed by atoms with Crippen LogP contribution in [0.4, 0.5) is 9.59 Å². The zero-order valence-electron chi connectivity index (χ0n) is 23.2. The average Bonchev–Trinajstić information content (AvgIpc) is 3.48. The quantitative estimate of drug-likeness (QED) is 0.499. The number of carbonyl (C=O) groups is 2. The smallest absolute Gasteiger partial charge is 0.435 e. The molecule has 2 saturated heterocycles. The lowest BCUT2D eigenvalue weighted by Gasteiger charge is -2.33. The van der Waals surface area contributed by atoms with Crippen molar-refractivity contribution in [2.24, 2.45) is 0 Å². The van der Waals surface area contributed by atoms with Crippen LogP contribution in [0.1, 0.15) is 84.4 Å². The van der Waals surface area contributed by atoms with Gasteiger partial charge in [-0.2, -0.15) is 9.78 Å². The molecule has 8 heteroatoms. The maximum absolute atomic E-state index is 12.9. The van der Waals surface area contributed by atoms with E-state index >= 15 is 0 Å². The van der Waals surface area contributed by atoms with E-state index in [0.29, 0.717) is 13.1 Å². The first-order chi connectivity index (χ1) is 17.4. The molecule has 0 bridgehead atoms. The summed E-state index contributed by atoms with van der Waals surface area (Å²) in [6.45, 7) is 15.6. The summed E-state index contributed by atoms with van der Waals surface area (Å²) in [5.41, 5.74) is 2.81. The Bertz CT molecular complexity index is 1090. The highest BCUT2D eigenvalue weighted by Gasteiger charge is 2.32. The van der Waals surface area contributed by atoms with E-state index in [0.717, 1.165) is 49.3 Å². The summed E-state index contributed by atoms with van der Waals surface area (Å²) in [4.78, 5) is 29.9. The third-order valence-electron chi connectivity index (χ3n) is 6.65. The second-order valence-electron chi connectivity index (χ2n) is 12.3. The molecule has 0 N–H and O–H groups in total. The van der Waals surface area contributed by atoms with Gasteiger partial charge in [-0.05, 0) is 91.4 Å². The largest absolute Gasteiger partial charge is 0.444 e. The zero-order chi connectivity index (χ0) is 26.8. The number of aromatic nitrogens is 2. The van der Waals surface area contributed by atoms with Crippen molar-refractivity contribution in [2.45, 2.75) is 90.9 Å². The van der Waals surface area contributed by atoms with Gasteiger partial charge in [0.2, 0.25) is 0 Å².